The van der Waals surface area contributed by atoms with Gasteiger partial charge in [-0.15, -0.1) is 21.5 Å². The van der Waals surface area contributed by atoms with E-state index in [4.69, 9.17) is 11.6 Å². The van der Waals surface area contributed by atoms with E-state index in [1.807, 2.05) is 6.92 Å². The standard InChI is InChI=1S/C12H14ClN3S2/c1-7-6-17-11(10(7)13)12-16-15-9(18-12)4-5-14-8-2-3-8/h6,8,14H,2-5H2,1H3. The number of thiophene rings is 1. The average molecular weight is 300 g/mol. The van der Waals surface area contributed by atoms with E-state index in [1.54, 1.807) is 22.7 Å². The van der Waals surface area contributed by atoms with E-state index < -0.39 is 0 Å². The molecule has 0 radical (unpaired) electrons. The van der Waals surface area contributed by atoms with Crippen LogP contribution in [0.5, 0.6) is 0 Å². The first-order valence-corrected chi connectivity index (χ1v) is 8.11. The molecule has 0 amide bonds. The van der Waals surface area contributed by atoms with E-state index >= 15 is 0 Å². The molecule has 1 saturated carbocycles. The van der Waals surface area contributed by atoms with Crippen molar-refractivity contribution in [2.75, 3.05) is 6.54 Å². The van der Waals surface area contributed by atoms with Crippen LogP contribution in [0, 0.1) is 6.92 Å². The Morgan fingerprint density at radius 1 is 1.44 bits per heavy atom. The number of halogens is 1. The van der Waals surface area contributed by atoms with E-state index in [0.717, 1.165) is 44.5 Å². The molecule has 1 aliphatic rings. The summed E-state index contributed by atoms with van der Waals surface area (Å²) < 4.78 is 0. The van der Waals surface area contributed by atoms with Crippen LogP contribution in [0.3, 0.4) is 0 Å². The summed E-state index contributed by atoms with van der Waals surface area (Å²) in [5, 5.41) is 16.9. The minimum Gasteiger partial charge on any atom is -0.314 e. The van der Waals surface area contributed by atoms with Gasteiger partial charge in [0.05, 0.1) is 9.90 Å². The van der Waals surface area contributed by atoms with Gasteiger partial charge in [0.25, 0.3) is 0 Å². The molecule has 1 aliphatic carbocycles. The van der Waals surface area contributed by atoms with Crippen molar-refractivity contribution in [2.24, 2.45) is 0 Å². The summed E-state index contributed by atoms with van der Waals surface area (Å²) in [5.74, 6) is 0. The third kappa shape index (κ3) is 2.74. The van der Waals surface area contributed by atoms with Gasteiger partial charge in [-0.1, -0.05) is 22.9 Å². The van der Waals surface area contributed by atoms with Gasteiger partial charge in [-0.3, -0.25) is 0 Å². The highest BCUT2D eigenvalue weighted by atomic mass is 35.5. The maximum Gasteiger partial charge on any atom is 0.159 e. The van der Waals surface area contributed by atoms with Crippen molar-refractivity contribution < 1.29 is 0 Å². The number of hydrogen-bond donors (Lipinski definition) is 1. The molecule has 1 fully saturated rings. The van der Waals surface area contributed by atoms with Crippen LogP contribution in [0.2, 0.25) is 5.02 Å². The van der Waals surface area contributed by atoms with Crippen LogP contribution < -0.4 is 5.32 Å². The SMILES string of the molecule is Cc1csc(-c2nnc(CCNC3CC3)s2)c1Cl. The first kappa shape index (κ1) is 12.5. The number of hydrogen-bond acceptors (Lipinski definition) is 5. The third-order valence-electron chi connectivity index (χ3n) is 2.91. The zero-order chi connectivity index (χ0) is 12.5. The lowest BCUT2D eigenvalue weighted by Crippen LogP contribution is -2.19. The molecule has 0 saturated heterocycles. The Hall–Kier alpha value is -0.490. The Labute approximate surface area is 119 Å². The lowest BCUT2D eigenvalue weighted by Gasteiger charge is -1.97. The lowest BCUT2D eigenvalue weighted by molar-refractivity contribution is 0.677. The van der Waals surface area contributed by atoms with Gasteiger partial charge in [0.2, 0.25) is 0 Å². The van der Waals surface area contributed by atoms with E-state index in [2.05, 4.69) is 20.9 Å². The van der Waals surface area contributed by atoms with Crippen LogP contribution >= 0.6 is 34.3 Å². The Balaban J connectivity index is 1.66. The monoisotopic (exact) mass is 299 g/mol. The van der Waals surface area contributed by atoms with E-state index in [9.17, 15) is 0 Å². The highest BCUT2D eigenvalue weighted by Crippen LogP contribution is 2.37. The summed E-state index contributed by atoms with van der Waals surface area (Å²) in [4.78, 5) is 1.05. The van der Waals surface area contributed by atoms with Crippen molar-refractivity contribution in [3.8, 4) is 9.88 Å². The number of nitrogens with zero attached hydrogens (tertiary/aromatic N) is 2. The predicted octanol–water partition coefficient (Wildman–Crippen LogP) is 3.52. The summed E-state index contributed by atoms with van der Waals surface area (Å²) in [7, 11) is 0. The smallest absolute Gasteiger partial charge is 0.159 e. The first-order chi connectivity index (χ1) is 8.74. The van der Waals surface area contributed by atoms with Crippen LogP contribution in [0.1, 0.15) is 23.4 Å². The minimum absolute atomic E-state index is 0.756. The fourth-order valence-corrected chi connectivity index (χ4v) is 3.96. The summed E-state index contributed by atoms with van der Waals surface area (Å²) >= 11 is 9.53. The molecule has 2 aromatic heterocycles. The van der Waals surface area contributed by atoms with Crippen molar-refractivity contribution >= 4 is 34.3 Å². The predicted molar refractivity (Wildman–Crippen MR) is 77.7 cm³/mol. The zero-order valence-corrected chi connectivity index (χ0v) is 12.5. The Kier molecular flexibility index (Phi) is 3.66. The molecule has 0 atom stereocenters. The quantitative estimate of drug-likeness (QED) is 0.918. The number of aromatic nitrogens is 2. The largest absolute Gasteiger partial charge is 0.314 e. The van der Waals surface area contributed by atoms with E-state index in [0.29, 0.717) is 0 Å². The second-order valence-corrected chi connectivity index (χ2v) is 6.86. The number of nitrogens with one attached hydrogen (secondary N) is 1. The second-order valence-electron chi connectivity index (χ2n) is 4.54. The normalized spacial score (nSPS) is 15.2. The molecule has 18 heavy (non-hydrogen) atoms. The fourth-order valence-electron chi connectivity index (χ4n) is 1.69. The molecule has 0 unspecified atom stereocenters. The maximum absolute atomic E-state index is 6.24. The molecular weight excluding hydrogens is 286 g/mol. The maximum atomic E-state index is 6.24. The average Bonchev–Trinajstić information content (AvgIpc) is 2.97. The van der Waals surface area contributed by atoms with Gasteiger partial charge in [0, 0.05) is 19.0 Å². The van der Waals surface area contributed by atoms with Crippen LogP contribution in [-0.2, 0) is 6.42 Å². The van der Waals surface area contributed by atoms with Crippen molar-refractivity contribution in [3.05, 3.63) is 21.0 Å². The molecule has 3 nitrogen and oxygen atoms in total. The van der Waals surface area contributed by atoms with Gasteiger partial charge < -0.3 is 5.32 Å². The molecule has 0 aromatic carbocycles. The van der Waals surface area contributed by atoms with Crippen LogP contribution in [0.25, 0.3) is 9.88 Å². The Morgan fingerprint density at radius 2 is 2.28 bits per heavy atom. The highest BCUT2D eigenvalue weighted by Gasteiger charge is 2.20. The molecule has 2 aromatic rings. The first-order valence-electron chi connectivity index (χ1n) is 6.04. The molecule has 1 N–H and O–H groups in total. The molecule has 96 valence electrons. The third-order valence-corrected chi connectivity index (χ3v) is 5.74. The molecule has 2 heterocycles. The Bertz CT molecular complexity index is 545. The minimum atomic E-state index is 0.756. The molecule has 0 bridgehead atoms. The van der Waals surface area contributed by atoms with Crippen molar-refractivity contribution in [3.63, 3.8) is 0 Å². The van der Waals surface area contributed by atoms with E-state index in [1.165, 1.54) is 12.8 Å². The van der Waals surface area contributed by atoms with Gasteiger partial charge in [0.15, 0.2) is 5.01 Å². The van der Waals surface area contributed by atoms with Gasteiger partial charge in [-0.25, -0.2) is 0 Å². The summed E-state index contributed by atoms with van der Waals surface area (Å²) in [5.41, 5.74) is 1.11. The zero-order valence-electron chi connectivity index (χ0n) is 10.1. The van der Waals surface area contributed by atoms with Gasteiger partial charge in [0.1, 0.15) is 5.01 Å². The molecule has 0 spiro atoms. The number of rotatable bonds is 5. The van der Waals surface area contributed by atoms with Gasteiger partial charge in [-0.05, 0) is 30.7 Å². The van der Waals surface area contributed by atoms with Crippen LogP contribution in [0.4, 0.5) is 0 Å². The molecule has 3 rings (SSSR count). The molecule has 0 aliphatic heterocycles. The topological polar surface area (TPSA) is 37.8 Å². The van der Waals surface area contributed by atoms with Gasteiger partial charge >= 0.3 is 0 Å². The summed E-state index contributed by atoms with van der Waals surface area (Å²) in [6, 6.07) is 0.756. The lowest BCUT2D eigenvalue weighted by atomic mass is 10.3. The molecule has 6 heteroatoms. The second kappa shape index (κ2) is 5.25. The highest BCUT2D eigenvalue weighted by molar-refractivity contribution is 7.21. The summed E-state index contributed by atoms with van der Waals surface area (Å²) in [6.07, 6.45) is 3.60. The molecular formula is C12H14ClN3S2. The van der Waals surface area contributed by atoms with Crippen LogP contribution in [-0.4, -0.2) is 22.8 Å². The Morgan fingerprint density at radius 3 is 2.94 bits per heavy atom. The summed E-state index contributed by atoms with van der Waals surface area (Å²) in [6.45, 7) is 3.01. The van der Waals surface area contributed by atoms with Gasteiger partial charge in [-0.2, -0.15) is 0 Å². The van der Waals surface area contributed by atoms with E-state index in [-0.39, 0.29) is 0 Å². The number of aryl methyl sites for hydroxylation is 1. The van der Waals surface area contributed by atoms with Crippen molar-refractivity contribution in [2.45, 2.75) is 32.2 Å². The van der Waals surface area contributed by atoms with Crippen LogP contribution in [0.15, 0.2) is 5.38 Å². The van der Waals surface area contributed by atoms with Crippen molar-refractivity contribution in [1.82, 2.24) is 15.5 Å². The fraction of sp³-hybridized carbons (Fsp3) is 0.500. The van der Waals surface area contributed by atoms with Crippen molar-refractivity contribution in [1.29, 1.82) is 0 Å².